The molecule has 2 aromatic carbocycles. The number of hydrogen-bond acceptors (Lipinski definition) is 3. The lowest BCUT2D eigenvalue weighted by Crippen LogP contribution is -2.35. The van der Waals surface area contributed by atoms with Gasteiger partial charge in [0.25, 0.3) is 5.91 Å². The fourth-order valence-electron chi connectivity index (χ4n) is 2.85. The number of carbonyl (C=O) groups is 1. The van der Waals surface area contributed by atoms with Crippen molar-refractivity contribution >= 4 is 17.3 Å². The number of para-hydroxylation sites is 1. The summed E-state index contributed by atoms with van der Waals surface area (Å²) in [6, 6.07) is 19.2. The number of amides is 1. The Morgan fingerprint density at radius 2 is 1.67 bits per heavy atom. The number of hydrazone groups is 1. The highest BCUT2D eigenvalue weighted by Crippen LogP contribution is 2.54. The van der Waals surface area contributed by atoms with E-state index < -0.39 is 5.60 Å². The maximum atomic E-state index is 12.8. The van der Waals surface area contributed by atoms with Crippen LogP contribution in [0, 0.1) is 0 Å². The van der Waals surface area contributed by atoms with Gasteiger partial charge in [0.15, 0.2) is 0 Å². The highest BCUT2D eigenvalue weighted by molar-refractivity contribution is 6.24. The van der Waals surface area contributed by atoms with E-state index in [0.717, 1.165) is 11.3 Å². The van der Waals surface area contributed by atoms with E-state index in [0.29, 0.717) is 5.71 Å². The molecule has 1 saturated heterocycles. The average molecular weight is 278 g/mol. The third kappa shape index (κ3) is 1.66. The number of nitrogens with zero attached hydrogens (tertiary/aromatic N) is 2. The lowest BCUT2D eigenvalue weighted by atomic mass is 9.95. The van der Waals surface area contributed by atoms with Crippen molar-refractivity contribution in [2.45, 2.75) is 18.6 Å². The molecule has 1 fully saturated rings. The van der Waals surface area contributed by atoms with Crippen LogP contribution in [0.15, 0.2) is 65.8 Å². The number of rotatable bonds is 2. The molecule has 4 rings (SSSR count). The Morgan fingerprint density at radius 1 is 1.05 bits per heavy atom. The number of carbonyl (C=O) groups excluding carboxylic acids is 1. The van der Waals surface area contributed by atoms with Gasteiger partial charge < -0.3 is 4.74 Å². The third-order valence-corrected chi connectivity index (χ3v) is 4.02. The molecule has 0 unspecified atom stereocenters. The molecule has 1 amide bonds. The van der Waals surface area contributed by atoms with Gasteiger partial charge in [0, 0.05) is 0 Å². The summed E-state index contributed by atoms with van der Waals surface area (Å²) in [5.41, 5.74) is 1.58. The van der Waals surface area contributed by atoms with Crippen molar-refractivity contribution in [3.63, 3.8) is 0 Å². The zero-order valence-corrected chi connectivity index (χ0v) is 11.6. The van der Waals surface area contributed by atoms with Gasteiger partial charge in [-0.2, -0.15) is 10.1 Å². The Labute approximate surface area is 122 Å². The van der Waals surface area contributed by atoms with Crippen LogP contribution in [0.3, 0.4) is 0 Å². The van der Waals surface area contributed by atoms with E-state index >= 15 is 0 Å². The minimum absolute atomic E-state index is 0.111. The molecule has 0 radical (unpaired) electrons. The van der Waals surface area contributed by atoms with Crippen LogP contribution in [0.2, 0.25) is 0 Å². The molecule has 2 aliphatic heterocycles. The standard InChI is InChI=1S/C17H14N2O2/c1-12-17(15(21-17)13-8-4-2-5-9-13)16(20)19(18-12)14-10-6-3-7-11-14/h2-11,15H,1H3/t15-,17+/m1/s1. The predicted molar refractivity (Wildman–Crippen MR) is 80.0 cm³/mol. The molecule has 2 aliphatic rings. The highest BCUT2D eigenvalue weighted by atomic mass is 16.6. The molecule has 4 heteroatoms. The fourth-order valence-corrected chi connectivity index (χ4v) is 2.85. The van der Waals surface area contributed by atoms with Crippen molar-refractivity contribution in [2.24, 2.45) is 5.10 Å². The highest BCUT2D eigenvalue weighted by Gasteiger charge is 2.69. The molecule has 2 aromatic rings. The summed E-state index contributed by atoms with van der Waals surface area (Å²) in [7, 11) is 0. The van der Waals surface area contributed by atoms with Gasteiger partial charge >= 0.3 is 0 Å². The average Bonchev–Trinajstić information content (AvgIpc) is 3.25. The lowest BCUT2D eigenvalue weighted by Gasteiger charge is -2.12. The monoisotopic (exact) mass is 278 g/mol. The van der Waals surface area contributed by atoms with Gasteiger partial charge in [-0.15, -0.1) is 0 Å². The van der Waals surface area contributed by atoms with Gasteiger partial charge in [-0.25, -0.2) is 0 Å². The first kappa shape index (κ1) is 12.3. The maximum absolute atomic E-state index is 12.8. The van der Waals surface area contributed by atoms with E-state index in [1.807, 2.05) is 67.6 Å². The number of epoxide rings is 1. The van der Waals surface area contributed by atoms with E-state index in [1.54, 1.807) is 0 Å². The Hall–Kier alpha value is -2.46. The van der Waals surface area contributed by atoms with E-state index in [1.165, 1.54) is 5.01 Å². The second-order valence-corrected chi connectivity index (χ2v) is 5.28. The first-order valence-electron chi connectivity index (χ1n) is 6.91. The van der Waals surface area contributed by atoms with E-state index in [9.17, 15) is 4.79 Å². The molecule has 0 N–H and O–H groups in total. The number of hydrogen-bond donors (Lipinski definition) is 0. The van der Waals surface area contributed by atoms with Crippen LogP contribution in [-0.2, 0) is 9.53 Å². The maximum Gasteiger partial charge on any atom is 0.288 e. The summed E-state index contributed by atoms with van der Waals surface area (Å²) in [6.07, 6.45) is -0.233. The van der Waals surface area contributed by atoms with E-state index in [2.05, 4.69) is 5.10 Å². The molecule has 1 spiro atoms. The molecule has 0 bridgehead atoms. The van der Waals surface area contributed by atoms with Crippen molar-refractivity contribution < 1.29 is 9.53 Å². The van der Waals surface area contributed by atoms with Crippen LogP contribution in [0.25, 0.3) is 0 Å². The first-order valence-corrected chi connectivity index (χ1v) is 6.91. The van der Waals surface area contributed by atoms with E-state index in [4.69, 9.17) is 4.74 Å². The summed E-state index contributed by atoms with van der Waals surface area (Å²) in [6.45, 7) is 1.85. The molecule has 104 valence electrons. The topological polar surface area (TPSA) is 45.2 Å². The number of ether oxygens (including phenoxy) is 1. The fraction of sp³-hybridized carbons (Fsp3) is 0.176. The van der Waals surface area contributed by atoms with Gasteiger partial charge in [0.1, 0.15) is 6.10 Å². The molecule has 2 atom stereocenters. The molecular formula is C17H14N2O2. The number of anilines is 1. The summed E-state index contributed by atoms with van der Waals surface area (Å²) >= 11 is 0. The minimum atomic E-state index is -0.906. The van der Waals surface area contributed by atoms with Gasteiger partial charge in [0.05, 0.1) is 11.4 Å². The second kappa shape index (κ2) is 4.27. The van der Waals surface area contributed by atoms with Gasteiger partial charge in [-0.05, 0) is 24.6 Å². The van der Waals surface area contributed by atoms with Crippen LogP contribution in [0.1, 0.15) is 18.6 Å². The van der Waals surface area contributed by atoms with Crippen molar-refractivity contribution in [3.05, 3.63) is 66.2 Å². The van der Waals surface area contributed by atoms with Gasteiger partial charge in [0.2, 0.25) is 5.60 Å². The van der Waals surface area contributed by atoms with Crippen LogP contribution < -0.4 is 5.01 Å². The normalized spacial score (nSPS) is 27.1. The van der Waals surface area contributed by atoms with Crippen LogP contribution in [-0.4, -0.2) is 17.2 Å². The largest absolute Gasteiger partial charge is 0.344 e. The smallest absolute Gasteiger partial charge is 0.288 e. The van der Waals surface area contributed by atoms with Crippen LogP contribution in [0.4, 0.5) is 5.69 Å². The Balaban J connectivity index is 1.68. The zero-order valence-electron chi connectivity index (χ0n) is 11.6. The molecule has 0 aliphatic carbocycles. The Morgan fingerprint density at radius 3 is 2.33 bits per heavy atom. The summed E-state index contributed by atoms with van der Waals surface area (Å²) in [5.74, 6) is -0.111. The van der Waals surface area contributed by atoms with Gasteiger partial charge in [-0.3, -0.25) is 4.79 Å². The van der Waals surface area contributed by atoms with Crippen molar-refractivity contribution in [3.8, 4) is 0 Å². The molecule has 2 heterocycles. The first-order chi connectivity index (χ1) is 10.2. The Kier molecular flexibility index (Phi) is 2.50. The summed E-state index contributed by atoms with van der Waals surface area (Å²) in [5, 5.41) is 5.85. The van der Waals surface area contributed by atoms with Crippen molar-refractivity contribution in [1.29, 1.82) is 0 Å². The molecular weight excluding hydrogens is 264 g/mol. The van der Waals surface area contributed by atoms with Crippen molar-refractivity contribution in [1.82, 2.24) is 0 Å². The van der Waals surface area contributed by atoms with E-state index in [-0.39, 0.29) is 12.0 Å². The number of benzene rings is 2. The van der Waals surface area contributed by atoms with Crippen LogP contribution >= 0.6 is 0 Å². The quantitative estimate of drug-likeness (QED) is 0.793. The lowest BCUT2D eigenvalue weighted by molar-refractivity contribution is -0.120. The SMILES string of the molecule is CC1=NN(c2ccccc2)C(=O)[C@]12O[C@@H]2c1ccccc1. The Bertz CT molecular complexity index is 727. The second-order valence-electron chi connectivity index (χ2n) is 5.28. The summed E-state index contributed by atoms with van der Waals surface area (Å²) < 4.78 is 5.81. The van der Waals surface area contributed by atoms with Crippen molar-refractivity contribution in [2.75, 3.05) is 5.01 Å². The molecule has 21 heavy (non-hydrogen) atoms. The van der Waals surface area contributed by atoms with Crippen LogP contribution in [0.5, 0.6) is 0 Å². The third-order valence-electron chi connectivity index (χ3n) is 4.02. The summed E-state index contributed by atoms with van der Waals surface area (Å²) in [4.78, 5) is 12.8. The molecule has 4 nitrogen and oxygen atoms in total. The minimum Gasteiger partial charge on any atom is -0.344 e. The molecule has 0 saturated carbocycles. The predicted octanol–water partition coefficient (Wildman–Crippen LogP) is 2.92. The molecule has 0 aromatic heterocycles. The van der Waals surface area contributed by atoms with Gasteiger partial charge in [-0.1, -0.05) is 48.5 Å². The zero-order chi connectivity index (χ0) is 14.4.